The molecule has 0 saturated heterocycles. The molecule has 0 aromatic heterocycles. The van der Waals surface area contributed by atoms with E-state index in [1.54, 1.807) is 0 Å². The van der Waals surface area contributed by atoms with E-state index in [2.05, 4.69) is 0 Å². The summed E-state index contributed by atoms with van der Waals surface area (Å²) in [4.78, 5) is 0. The molecule has 0 amide bonds. The molecule has 0 rings (SSSR count). The molecule has 0 fully saturated rings. The summed E-state index contributed by atoms with van der Waals surface area (Å²) in [5.41, 5.74) is 10.6. The van der Waals surface area contributed by atoms with E-state index in [9.17, 15) is 0 Å². The van der Waals surface area contributed by atoms with Gasteiger partial charge in [0, 0.05) is 12.5 Å². The van der Waals surface area contributed by atoms with Crippen LogP contribution in [0.4, 0.5) is 0 Å². The Morgan fingerprint density at radius 1 is 1.62 bits per heavy atom. The predicted octanol–water partition coefficient (Wildman–Crippen LogP) is -0.727. The first kappa shape index (κ1) is 8.61. The number of hydrogen-bond acceptors (Lipinski definition) is 3. The summed E-state index contributed by atoms with van der Waals surface area (Å²) in [6.45, 7) is 0.543. The van der Waals surface area contributed by atoms with Gasteiger partial charge in [0.2, 0.25) is 0 Å². The van der Waals surface area contributed by atoms with Crippen LogP contribution in [-0.2, 0) is 0 Å². The van der Waals surface area contributed by atoms with E-state index in [4.69, 9.17) is 16.6 Å². The third kappa shape index (κ3) is 2.81. The minimum atomic E-state index is -0.0254. The second-order valence-corrected chi connectivity index (χ2v) is 3.06. The van der Waals surface area contributed by atoms with Gasteiger partial charge in [-0.3, -0.25) is 0 Å². The van der Waals surface area contributed by atoms with Crippen molar-refractivity contribution in [2.45, 2.75) is 4.05 Å². The van der Waals surface area contributed by atoms with Crippen LogP contribution in [0.5, 0.6) is 0 Å². The largest absolute Gasteiger partial charge is 0.396 e. The lowest BCUT2D eigenvalue weighted by Crippen LogP contribution is -2.32. The van der Waals surface area contributed by atoms with Gasteiger partial charge in [-0.1, -0.05) is 22.6 Å². The number of nitrogens with two attached hydrogens (primary N) is 2. The molecule has 8 heavy (non-hydrogen) atoms. The summed E-state index contributed by atoms with van der Waals surface area (Å²) in [6.07, 6.45) is 0. The Morgan fingerprint density at radius 3 is 2.12 bits per heavy atom. The van der Waals surface area contributed by atoms with E-state index in [1.807, 2.05) is 22.6 Å². The minimum absolute atomic E-state index is 0.0254. The van der Waals surface area contributed by atoms with Crippen LogP contribution in [0.15, 0.2) is 0 Å². The summed E-state index contributed by atoms with van der Waals surface area (Å²) in [5, 5.41) is 8.53. The van der Waals surface area contributed by atoms with Gasteiger partial charge in [0.15, 0.2) is 0 Å². The van der Waals surface area contributed by atoms with Crippen molar-refractivity contribution in [1.29, 1.82) is 0 Å². The summed E-state index contributed by atoms with van der Waals surface area (Å²) >= 11 is 2.04. The molecule has 5 N–H and O–H groups in total. The highest BCUT2D eigenvalue weighted by atomic mass is 127. The fourth-order valence-electron chi connectivity index (χ4n) is 0.305. The molecule has 0 aliphatic carbocycles. The summed E-state index contributed by atoms with van der Waals surface area (Å²) in [6, 6.07) is 0. The first-order valence-corrected chi connectivity index (χ1v) is 3.67. The Kier molecular flexibility index (Phi) is 4.83. The van der Waals surface area contributed by atoms with Crippen LogP contribution in [0.25, 0.3) is 0 Å². The maximum absolute atomic E-state index is 8.53. The fourth-order valence-corrected chi connectivity index (χ4v) is 0.826. The Hall–Kier alpha value is 0.610. The van der Waals surface area contributed by atoms with E-state index in [0.29, 0.717) is 6.54 Å². The summed E-state index contributed by atoms with van der Waals surface area (Å²) in [7, 11) is 0. The molecule has 0 radical (unpaired) electrons. The highest BCUT2D eigenvalue weighted by Gasteiger charge is 2.10. The molecule has 0 aromatic carbocycles. The molecule has 4 heteroatoms. The molecular weight excluding hydrogens is 219 g/mol. The first-order chi connectivity index (χ1) is 3.72. The van der Waals surface area contributed by atoms with Crippen LogP contribution in [0, 0.1) is 5.92 Å². The second-order valence-electron chi connectivity index (χ2n) is 1.62. The Morgan fingerprint density at radius 2 is 2.12 bits per heavy atom. The van der Waals surface area contributed by atoms with Crippen molar-refractivity contribution in [3.05, 3.63) is 0 Å². The summed E-state index contributed by atoms with van der Waals surface area (Å²) in [5.74, 6) is 0.0515. The van der Waals surface area contributed by atoms with Crippen molar-refractivity contribution in [3.8, 4) is 0 Å². The molecule has 0 spiro atoms. The van der Waals surface area contributed by atoms with Crippen LogP contribution in [0.2, 0.25) is 0 Å². The van der Waals surface area contributed by atoms with Gasteiger partial charge in [0.25, 0.3) is 0 Å². The molecule has 0 heterocycles. The van der Waals surface area contributed by atoms with Gasteiger partial charge < -0.3 is 16.6 Å². The van der Waals surface area contributed by atoms with Gasteiger partial charge in [-0.2, -0.15) is 0 Å². The number of alkyl halides is 1. The minimum Gasteiger partial charge on any atom is -0.396 e. The molecule has 2 atom stereocenters. The van der Waals surface area contributed by atoms with E-state index in [-0.39, 0.29) is 16.6 Å². The topological polar surface area (TPSA) is 72.3 Å². The molecule has 0 saturated carbocycles. The molecular formula is C4H11IN2O. The number of rotatable bonds is 3. The first-order valence-electron chi connectivity index (χ1n) is 2.43. The molecule has 0 aromatic rings. The predicted molar refractivity (Wildman–Crippen MR) is 41.6 cm³/mol. The zero-order valence-electron chi connectivity index (χ0n) is 4.55. The number of aliphatic hydroxyl groups excluding tert-OH is 1. The lowest BCUT2D eigenvalue weighted by atomic mass is 10.2. The van der Waals surface area contributed by atoms with Gasteiger partial charge in [-0.15, -0.1) is 0 Å². The van der Waals surface area contributed by atoms with Crippen molar-refractivity contribution in [3.63, 3.8) is 0 Å². The molecule has 0 bridgehead atoms. The van der Waals surface area contributed by atoms with Crippen LogP contribution in [0.1, 0.15) is 0 Å². The Labute approximate surface area is 62.6 Å². The second kappa shape index (κ2) is 4.49. The monoisotopic (exact) mass is 230 g/mol. The van der Waals surface area contributed by atoms with Crippen LogP contribution in [-0.4, -0.2) is 22.3 Å². The van der Waals surface area contributed by atoms with Crippen molar-refractivity contribution in [2.24, 2.45) is 17.4 Å². The van der Waals surface area contributed by atoms with Crippen molar-refractivity contribution in [2.75, 3.05) is 13.2 Å². The average Bonchev–Trinajstić information content (AvgIpc) is 1.69. The zero-order valence-corrected chi connectivity index (χ0v) is 6.71. The van der Waals surface area contributed by atoms with Crippen LogP contribution < -0.4 is 11.5 Å². The highest BCUT2D eigenvalue weighted by Crippen LogP contribution is 2.04. The van der Waals surface area contributed by atoms with Crippen LogP contribution >= 0.6 is 22.6 Å². The van der Waals surface area contributed by atoms with Crippen molar-refractivity contribution in [1.82, 2.24) is 0 Å². The highest BCUT2D eigenvalue weighted by molar-refractivity contribution is 14.1. The number of hydrogen-bond donors (Lipinski definition) is 3. The third-order valence-corrected chi connectivity index (χ3v) is 2.00. The van der Waals surface area contributed by atoms with E-state index in [0.717, 1.165) is 0 Å². The SMILES string of the molecule is NCC(CO)C(N)I. The van der Waals surface area contributed by atoms with Crippen molar-refractivity contribution >= 4 is 22.6 Å². The standard InChI is InChI=1S/C4H11IN2O/c5-4(7)3(1-6)2-8/h3-4,8H,1-2,6-7H2. The summed E-state index contributed by atoms with van der Waals surface area (Å²) < 4.78 is -0.0254. The lowest BCUT2D eigenvalue weighted by molar-refractivity contribution is 0.231. The normalized spacial score (nSPS) is 18.0. The van der Waals surface area contributed by atoms with Gasteiger partial charge >= 0.3 is 0 Å². The average molecular weight is 230 g/mol. The van der Waals surface area contributed by atoms with E-state index >= 15 is 0 Å². The maximum Gasteiger partial charge on any atom is 0.0631 e. The Balaban J connectivity index is 3.35. The van der Waals surface area contributed by atoms with Gasteiger partial charge in [-0.05, 0) is 6.54 Å². The molecule has 2 unspecified atom stereocenters. The van der Waals surface area contributed by atoms with Crippen LogP contribution in [0.3, 0.4) is 0 Å². The molecule has 0 aliphatic rings. The number of halogens is 1. The smallest absolute Gasteiger partial charge is 0.0631 e. The van der Waals surface area contributed by atoms with Gasteiger partial charge in [0.1, 0.15) is 0 Å². The zero-order chi connectivity index (χ0) is 6.57. The van der Waals surface area contributed by atoms with Gasteiger partial charge in [0.05, 0.1) is 4.05 Å². The molecule has 3 nitrogen and oxygen atoms in total. The Bertz CT molecular complexity index is 56.0. The van der Waals surface area contributed by atoms with Gasteiger partial charge in [-0.25, -0.2) is 0 Å². The fraction of sp³-hybridized carbons (Fsp3) is 1.00. The molecule has 50 valence electrons. The van der Waals surface area contributed by atoms with Crippen molar-refractivity contribution < 1.29 is 5.11 Å². The number of aliphatic hydroxyl groups is 1. The quantitative estimate of drug-likeness (QED) is 0.340. The van der Waals surface area contributed by atoms with E-state index in [1.165, 1.54) is 0 Å². The third-order valence-electron chi connectivity index (χ3n) is 0.988. The maximum atomic E-state index is 8.53. The lowest BCUT2D eigenvalue weighted by Gasteiger charge is -2.12. The molecule has 0 aliphatic heterocycles. The van der Waals surface area contributed by atoms with E-state index < -0.39 is 0 Å².